The van der Waals surface area contributed by atoms with Gasteiger partial charge < -0.3 is 9.67 Å². The van der Waals surface area contributed by atoms with Gasteiger partial charge in [0.15, 0.2) is 0 Å². The van der Waals surface area contributed by atoms with Gasteiger partial charge in [0.25, 0.3) is 0 Å². The number of carboxylic acids is 1. The number of hydrogen-bond donors (Lipinski definition) is 1. The fourth-order valence-electron chi connectivity index (χ4n) is 3.55. The summed E-state index contributed by atoms with van der Waals surface area (Å²) in [6.45, 7) is 5.70. The van der Waals surface area contributed by atoms with Gasteiger partial charge >= 0.3 is 5.97 Å². The van der Waals surface area contributed by atoms with Crippen molar-refractivity contribution in [3.8, 4) is 22.4 Å². The van der Waals surface area contributed by atoms with E-state index in [-0.39, 0.29) is 16.3 Å². The van der Waals surface area contributed by atoms with Gasteiger partial charge in [0.2, 0.25) is 5.43 Å². The molecule has 1 N–H and O–H groups in total. The molecule has 0 unspecified atom stereocenters. The van der Waals surface area contributed by atoms with E-state index in [2.05, 4.69) is 0 Å². The van der Waals surface area contributed by atoms with E-state index in [0.717, 1.165) is 0 Å². The highest BCUT2D eigenvalue weighted by Crippen LogP contribution is 2.33. The van der Waals surface area contributed by atoms with Gasteiger partial charge in [-0.25, -0.2) is 9.18 Å². The van der Waals surface area contributed by atoms with Crippen LogP contribution in [0.5, 0.6) is 0 Å². The monoisotopic (exact) mass is 433 g/mol. The molecule has 0 bridgehead atoms. The lowest BCUT2D eigenvalue weighted by Crippen LogP contribution is -2.25. The van der Waals surface area contributed by atoms with Crippen LogP contribution in [0.3, 0.4) is 0 Å². The molecule has 4 nitrogen and oxygen atoms in total. The summed E-state index contributed by atoms with van der Waals surface area (Å²) in [5.41, 5.74) is 1.39. The number of pyridine rings is 1. The van der Waals surface area contributed by atoms with Crippen LogP contribution in [0.4, 0.5) is 4.39 Å². The van der Waals surface area contributed by atoms with Gasteiger partial charge in [-0.05, 0) is 56.2 Å². The van der Waals surface area contributed by atoms with E-state index in [0.29, 0.717) is 34.0 Å². The Kier molecular flexibility index (Phi) is 5.82. The van der Waals surface area contributed by atoms with Gasteiger partial charge in [-0.3, -0.25) is 4.79 Å². The number of benzene rings is 2. The Hall–Kier alpha value is -2.63. The Morgan fingerprint density at radius 2 is 1.79 bits per heavy atom. The summed E-state index contributed by atoms with van der Waals surface area (Å²) in [7, 11) is 0. The van der Waals surface area contributed by atoms with Crippen LogP contribution in [0, 0.1) is 19.7 Å². The molecular weight excluding hydrogens is 416 g/mol. The van der Waals surface area contributed by atoms with Crippen LogP contribution >= 0.6 is 23.2 Å². The Morgan fingerprint density at radius 3 is 2.38 bits per heavy atom. The minimum atomic E-state index is -1.37. The number of carbonyl (C=O) groups is 1. The van der Waals surface area contributed by atoms with Crippen LogP contribution < -0.4 is 5.43 Å². The predicted molar refractivity (Wildman–Crippen MR) is 114 cm³/mol. The third-order valence-electron chi connectivity index (χ3n) is 4.92. The minimum absolute atomic E-state index is 0.171. The van der Waals surface area contributed by atoms with E-state index in [9.17, 15) is 19.1 Å². The van der Waals surface area contributed by atoms with Crippen molar-refractivity contribution in [1.82, 2.24) is 4.57 Å². The van der Waals surface area contributed by atoms with Crippen LogP contribution in [-0.4, -0.2) is 15.6 Å². The summed E-state index contributed by atoms with van der Waals surface area (Å²) in [6.07, 6.45) is 0. The highest BCUT2D eigenvalue weighted by atomic mass is 35.5. The summed E-state index contributed by atoms with van der Waals surface area (Å²) in [5.74, 6) is -1.87. The number of aromatic nitrogens is 1. The van der Waals surface area contributed by atoms with E-state index < -0.39 is 22.8 Å². The Labute approximate surface area is 177 Å². The van der Waals surface area contributed by atoms with Crippen molar-refractivity contribution in [1.29, 1.82) is 0 Å². The van der Waals surface area contributed by atoms with Crippen LogP contribution in [0.15, 0.2) is 41.2 Å². The van der Waals surface area contributed by atoms with Gasteiger partial charge in [-0.1, -0.05) is 35.3 Å². The van der Waals surface area contributed by atoms with Gasteiger partial charge in [0, 0.05) is 23.4 Å². The summed E-state index contributed by atoms with van der Waals surface area (Å²) >= 11 is 12.1. The molecule has 1 aromatic heterocycles. The number of rotatable bonds is 4. The first kappa shape index (κ1) is 21.1. The molecule has 2 aromatic carbocycles. The second-order valence-corrected chi connectivity index (χ2v) is 7.47. The van der Waals surface area contributed by atoms with E-state index in [1.54, 1.807) is 36.6 Å². The summed E-state index contributed by atoms with van der Waals surface area (Å²) in [6, 6.07) is 8.82. The zero-order valence-corrected chi connectivity index (χ0v) is 17.5. The van der Waals surface area contributed by atoms with E-state index in [4.69, 9.17) is 23.2 Å². The van der Waals surface area contributed by atoms with Crippen molar-refractivity contribution < 1.29 is 14.3 Å². The largest absolute Gasteiger partial charge is 0.477 e. The molecule has 0 atom stereocenters. The first-order valence-electron chi connectivity index (χ1n) is 8.90. The molecular formula is C22H18Cl2FNO3. The molecule has 0 spiro atoms. The average molecular weight is 434 g/mol. The highest BCUT2D eigenvalue weighted by Gasteiger charge is 2.26. The Balaban J connectivity index is 2.49. The van der Waals surface area contributed by atoms with E-state index in [1.807, 2.05) is 6.92 Å². The molecule has 0 amide bonds. The van der Waals surface area contributed by atoms with Crippen LogP contribution in [0.25, 0.3) is 22.4 Å². The summed E-state index contributed by atoms with van der Waals surface area (Å²) < 4.78 is 15.6. The molecule has 0 saturated heterocycles. The minimum Gasteiger partial charge on any atom is -0.477 e. The van der Waals surface area contributed by atoms with Gasteiger partial charge in [0.1, 0.15) is 11.4 Å². The number of aromatic carboxylic acids is 1. The number of aryl methyl sites for hydroxylation is 1. The lowest BCUT2D eigenvalue weighted by Gasteiger charge is -2.22. The molecule has 0 aliphatic rings. The maximum Gasteiger partial charge on any atom is 0.341 e. The molecule has 7 heteroatoms. The molecule has 0 fully saturated rings. The number of nitrogens with zero attached hydrogens (tertiary/aromatic N) is 1. The second kappa shape index (κ2) is 8.01. The maximum atomic E-state index is 13.9. The van der Waals surface area contributed by atoms with Gasteiger partial charge in [0.05, 0.1) is 15.7 Å². The van der Waals surface area contributed by atoms with Crippen molar-refractivity contribution in [3.63, 3.8) is 0 Å². The molecule has 0 aliphatic heterocycles. The lowest BCUT2D eigenvalue weighted by molar-refractivity contribution is 0.0695. The highest BCUT2D eigenvalue weighted by molar-refractivity contribution is 6.42. The molecule has 150 valence electrons. The van der Waals surface area contributed by atoms with Crippen molar-refractivity contribution >= 4 is 29.2 Å². The zero-order valence-electron chi connectivity index (χ0n) is 16.0. The SMILES string of the molecule is CCn1c(C)c(-c2cc(F)ccc2C)c(=O)c(C(=O)O)c1-c1ccc(Cl)c(Cl)c1. The van der Waals surface area contributed by atoms with Crippen molar-refractivity contribution in [2.75, 3.05) is 0 Å². The normalized spacial score (nSPS) is 11.0. The molecule has 0 saturated carbocycles. The molecule has 0 radical (unpaired) electrons. The molecule has 3 rings (SSSR count). The molecule has 3 aromatic rings. The van der Waals surface area contributed by atoms with Crippen molar-refractivity contribution in [3.05, 3.63) is 79.3 Å². The van der Waals surface area contributed by atoms with E-state index in [1.165, 1.54) is 18.2 Å². The fourth-order valence-corrected chi connectivity index (χ4v) is 3.85. The van der Waals surface area contributed by atoms with E-state index >= 15 is 0 Å². The quantitative estimate of drug-likeness (QED) is 0.551. The Bertz CT molecular complexity index is 1200. The molecule has 1 heterocycles. The summed E-state index contributed by atoms with van der Waals surface area (Å²) in [4.78, 5) is 25.5. The third kappa shape index (κ3) is 3.68. The fraction of sp³-hybridized carbons (Fsp3) is 0.182. The standard InChI is InChI=1S/C22H18Cl2FNO3/c1-4-26-12(3)18(15-10-14(25)7-5-11(15)2)21(27)19(22(28)29)20(26)13-6-8-16(23)17(24)9-13/h5-10H,4H2,1-3H3,(H,28,29). The second-order valence-electron chi connectivity index (χ2n) is 6.65. The smallest absolute Gasteiger partial charge is 0.341 e. The maximum absolute atomic E-state index is 13.9. The van der Waals surface area contributed by atoms with Gasteiger partial charge in [-0.15, -0.1) is 0 Å². The van der Waals surface area contributed by atoms with Gasteiger partial charge in [-0.2, -0.15) is 0 Å². The van der Waals surface area contributed by atoms with Crippen molar-refractivity contribution in [2.45, 2.75) is 27.3 Å². The molecule has 0 aliphatic carbocycles. The predicted octanol–water partition coefficient (Wildman–Crippen LogP) is 5.96. The van der Waals surface area contributed by atoms with Crippen LogP contribution in [-0.2, 0) is 6.54 Å². The summed E-state index contributed by atoms with van der Waals surface area (Å²) in [5, 5.41) is 10.5. The van der Waals surface area contributed by atoms with Crippen LogP contribution in [0.1, 0.15) is 28.5 Å². The third-order valence-corrected chi connectivity index (χ3v) is 5.66. The van der Waals surface area contributed by atoms with Crippen molar-refractivity contribution in [2.24, 2.45) is 0 Å². The number of carboxylic acid groups (broad SMARTS) is 1. The number of hydrogen-bond acceptors (Lipinski definition) is 2. The topological polar surface area (TPSA) is 59.3 Å². The average Bonchev–Trinajstić information content (AvgIpc) is 2.66. The number of halogens is 3. The first-order valence-corrected chi connectivity index (χ1v) is 9.65. The van der Waals surface area contributed by atoms with Crippen LogP contribution in [0.2, 0.25) is 10.0 Å². The Morgan fingerprint density at radius 1 is 1.10 bits per heavy atom. The zero-order chi connectivity index (χ0) is 21.5. The lowest BCUT2D eigenvalue weighted by atomic mass is 9.94. The first-order chi connectivity index (χ1) is 13.7. The molecule has 29 heavy (non-hydrogen) atoms.